The summed E-state index contributed by atoms with van der Waals surface area (Å²) in [6, 6.07) is 3.21. The fourth-order valence-electron chi connectivity index (χ4n) is 3.47. The second-order valence-electron chi connectivity index (χ2n) is 6.60. The van der Waals surface area contributed by atoms with Crippen LogP contribution in [0.2, 0.25) is 0 Å². The number of hydrogen-bond donors (Lipinski definition) is 1. The molecule has 8 heteroatoms. The van der Waals surface area contributed by atoms with E-state index in [2.05, 4.69) is 15.2 Å². The highest BCUT2D eigenvalue weighted by Crippen LogP contribution is 2.28. The first-order chi connectivity index (χ1) is 11.9. The monoisotopic (exact) mass is 357 g/mol. The lowest BCUT2D eigenvalue weighted by Crippen LogP contribution is -2.42. The molecule has 2 fully saturated rings. The van der Waals surface area contributed by atoms with Crippen molar-refractivity contribution >= 4 is 11.7 Å². The van der Waals surface area contributed by atoms with E-state index in [1.54, 1.807) is 0 Å². The Bertz CT molecular complexity index is 603. The van der Waals surface area contributed by atoms with Crippen LogP contribution in [0, 0.1) is 5.92 Å². The Labute approximate surface area is 144 Å². The third-order valence-electron chi connectivity index (χ3n) is 4.79. The molecular weight excluding hydrogens is 335 g/mol. The van der Waals surface area contributed by atoms with E-state index in [0.29, 0.717) is 12.3 Å². The molecule has 0 saturated carbocycles. The highest BCUT2D eigenvalue weighted by atomic mass is 19.4. The summed E-state index contributed by atoms with van der Waals surface area (Å²) in [6.07, 6.45) is -0.922. The number of anilines is 1. The Morgan fingerprint density at radius 1 is 1.28 bits per heavy atom. The van der Waals surface area contributed by atoms with Crippen LogP contribution in [0.15, 0.2) is 18.2 Å². The maximum atomic E-state index is 12.7. The van der Waals surface area contributed by atoms with Crippen molar-refractivity contribution in [3.63, 3.8) is 0 Å². The van der Waals surface area contributed by atoms with Gasteiger partial charge in [-0.25, -0.2) is 4.98 Å². The van der Waals surface area contributed by atoms with Gasteiger partial charge in [-0.2, -0.15) is 13.2 Å². The van der Waals surface area contributed by atoms with Crippen LogP contribution in [0.4, 0.5) is 19.0 Å². The molecule has 25 heavy (non-hydrogen) atoms. The van der Waals surface area contributed by atoms with Gasteiger partial charge in [0.25, 0.3) is 0 Å². The normalized spacial score (nSPS) is 22.9. The second kappa shape index (κ2) is 7.70. The van der Waals surface area contributed by atoms with E-state index in [9.17, 15) is 18.0 Å². The minimum atomic E-state index is -4.52. The fourth-order valence-corrected chi connectivity index (χ4v) is 3.47. The molecule has 3 heterocycles. The first kappa shape index (κ1) is 18.1. The van der Waals surface area contributed by atoms with Crippen LogP contribution in [0.5, 0.6) is 0 Å². The lowest BCUT2D eigenvalue weighted by Gasteiger charge is -2.30. The summed E-state index contributed by atoms with van der Waals surface area (Å²) in [4.78, 5) is 18.2. The molecule has 1 atom stereocenters. The van der Waals surface area contributed by atoms with Gasteiger partial charge in [-0.05, 0) is 50.3 Å². The van der Waals surface area contributed by atoms with Crippen LogP contribution in [-0.4, -0.2) is 48.1 Å². The summed E-state index contributed by atoms with van der Waals surface area (Å²) in [6.45, 7) is 3.18. The zero-order valence-corrected chi connectivity index (χ0v) is 13.9. The molecule has 138 valence electrons. The lowest BCUT2D eigenvalue weighted by atomic mass is 9.99. The van der Waals surface area contributed by atoms with Gasteiger partial charge in [0.1, 0.15) is 11.5 Å². The molecule has 3 rings (SSSR count). The topological polar surface area (TPSA) is 54.5 Å². The van der Waals surface area contributed by atoms with Gasteiger partial charge in [-0.1, -0.05) is 6.07 Å². The Balaban J connectivity index is 1.61. The van der Waals surface area contributed by atoms with Crippen molar-refractivity contribution in [1.82, 2.24) is 9.88 Å². The van der Waals surface area contributed by atoms with Crippen molar-refractivity contribution in [3.8, 4) is 0 Å². The van der Waals surface area contributed by atoms with E-state index in [1.807, 2.05) is 0 Å². The molecule has 0 aliphatic carbocycles. The molecule has 1 amide bonds. The van der Waals surface area contributed by atoms with Crippen molar-refractivity contribution in [1.29, 1.82) is 0 Å². The molecule has 2 aliphatic rings. The van der Waals surface area contributed by atoms with Gasteiger partial charge in [0, 0.05) is 19.8 Å². The van der Waals surface area contributed by atoms with Gasteiger partial charge >= 0.3 is 6.18 Å². The van der Waals surface area contributed by atoms with Gasteiger partial charge < -0.3 is 10.1 Å². The van der Waals surface area contributed by atoms with Crippen LogP contribution >= 0.6 is 0 Å². The number of nitrogens with one attached hydrogen (secondary N) is 1. The highest BCUT2D eigenvalue weighted by molar-refractivity contribution is 5.94. The molecule has 0 radical (unpaired) electrons. The van der Waals surface area contributed by atoms with Crippen molar-refractivity contribution in [2.24, 2.45) is 5.92 Å². The average molecular weight is 357 g/mol. The Morgan fingerprint density at radius 2 is 2.04 bits per heavy atom. The van der Waals surface area contributed by atoms with Gasteiger partial charge in [-0.15, -0.1) is 0 Å². The Morgan fingerprint density at radius 3 is 2.76 bits per heavy atom. The third kappa shape index (κ3) is 4.70. The van der Waals surface area contributed by atoms with E-state index in [-0.39, 0.29) is 17.8 Å². The molecule has 2 saturated heterocycles. The summed E-state index contributed by atoms with van der Waals surface area (Å²) in [7, 11) is 0. The number of alkyl halides is 3. The first-order valence-electron chi connectivity index (χ1n) is 8.60. The summed E-state index contributed by atoms with van der Waals surface area (Å²) < 4.78 is 43.6. The van der Waals surface area contributed by atoms with Crippen LogP contribution in [-0.2, 0) is 15.7 Å². The summed E-state index contributed by atoms with van der Waals surface area (Å²) >= 11 is 0. The SMILES string of the molecule is O=C(Nc1cccc(C(F)(F)F)n1)C1CCCN1CC1CCOCC1. The molecule has 0 bridgehead atoms. The summed E-state index contributed by atoms with van der Waals surface area (Å²) in [5.74, 6) is 0.169. The van der Waals surface area contributed by atoms with Crippen LogP contribution in [0.1, 0.15) is 31.4 Å². The van der Waals surface area contributed by atoms with Crippen LogP contribution < -0.4 is 5.32 Å². The largest absolute Gasteiger partial charge is 0.433 e. The van der Waals surface area contributed by atoms with Crippen LogP contribution in [0.3, 0.4) is 0 Å². The smallest absolute Gasteiger partial charge is 0.381 e. The van der Waals surface area contributed by atoms with E-state index in [1.165, 1.54) is 12.1 Å². The van der Waals surface area contributed by atoms with Crippen molar-refractivity contribution in [2.75, 3.05) is 31.6 Å². The number of ether oxygens (including phenoxy) is 1. The standard InChI is InChI=1S/C17H22F3N3O2/c18-17(19,20)14-4-1-5-15(21-14)22-16(24)13-3-2-8-23(13)11-12-6-9-25-10-7-12/h1,4-5,12-13H,2-3,6-11H2,(H,21,22,24). The molecule has 0 spiro atoms. The predicted molar refractivity (Wildman–Crippen MR) is 86.0 cm³/mol. The fraction of sp³-hybridized carbons (Fsp3) is 0.647. The number of carbonyl (C=O) groups excluding carboxylic acids is 1. The molecule has 2 aliphatic heterocycles. The van der Waals surface area contributed by atoms with Gasteiger partial charge in [-0.3, -0.25) is 9.69 Å². The molecule has 1 aromatic heterocycles. The minimum absolute atomic E-state index is 0.0576. The first-order valence-corrected chi connectivity index (χ1v) is 8.60. The quantitative estimate of drug-likeness (QED) is 0.900. The maximum absolute atomic E-state index is 12.7. The summed E-state index contributed by atoms with van der Waals surface area (Å²) in [5.41, 5.74) is -1.00. The highest BCUT2D eigenvalue weighted by Gasteiger charge is 2.34. The molecular formula is C17H22F3N3O2. The number of aromatic nitrogens is 1. The number of hydrogen-bond acceptors (Lipinski definition) is 4. The van der Waals surface area contributed by atoms with Crippen molar-refractivity contribution in [2.45, 2.75) is 37.9 Å². The molecule has 1 N–H and O–H groups in total. The predicted octanol–water partition coefficient (Wildman–Crippen LogP) is 2.93. The molecule has 1 unspecified atom stereocenters. The van der Waals surface area contributed by atoms with Gasteiger partial charge in [0.2, 0.25) is 5.91 Å². The minimum Gasteiger partial charge on any atom is -0.381 e. The van der Waals surface area contributed by atoms with Crippen molar-refractivity contribution in [3.05, 3.63) is 23.9 Å². The van der Waals surface area contributed by atoms with E-state index >= 15 is 0 Å². The zero-order chi connectivity index (χ0) is 17.9. The molecule has 1 aromatic rings. The number of pyridine rings is 1. The number of amides is 1. The van der Waals surface area contributed by atoms with E-state index in [4.69, 9.17) is 4.74 Å². The van der Waals surface area contributed by atoms with Crippen LogP contribution in [0.25, 0.3) is 0 Å². The van der Waals surface area contributed by atoms with Crippen molar-refractivity contribution < 1.29 is 22.7 Å². The Kier molecular flexibility index (Phi) is 5.58. The molecule has 0 aromatic carbocycles. The van der Waals surface area contributed by atoms with E-state index in [0.717, 1.165) is 51.6 Å². The van der Waals surface area contributed by atoms with E-state index < -0.39 is 11.9 Å². The molecule has 5 nitrogen and oxygen atoms in total. The third-order valence-corrected chi connectivity index (χ3v) is 4.79. The zero-order valence-electron chi connectivity index (χ0n) is 13.9. The maximum Gasteiger partial charge on any atom is 0.433 e. The number of rotatable bonds is 4. The Hall–Kier alpha value is -1.67. The van der Waals surface area contributed by atoms with Gasteiger partial charge in [0.05, 0.1) is 6.04 Å². The average Bonchev–Trinajstić information content (AvgIpc) is 3.03. The van der Waals surface area contributed by atoms with Gasteiger partial charge in [0.15, 0.2) is 0 Å². The number of halogens is 3. The number of carbonyl (C=O) groups is 1. The summed E-state index contributed by atoms with van der Waals surface area (Å²) in [5, 5.41) is 2.55. The lowest BCUT2D eigenvalue weighted by molar-refractivity contribution is -0.141. The number of likely N-dealkylation sites (tertiary alicyclic amines) is 1. The second-order valence-corrected chi connectivity index (χ2v) is 6.60. The number of nitrogens with zero attached hydrogens (tertiary/aromatic N) is 2.